The van der Waals surface area contributed by atoms with E-state index in [4.69, 9.17) is 23.7 Å². The predicted molar refractivity (Wildman–Crippen MR) is 175 cm³/mol. The highest BCUT2D eigenvalue weighted by Crippen LogP contribution is 2.40. The minimum Gasteiger partial charge on any atom is -0.504 e. The summed E-state index contributed by atoms with van der Waals surface area (Å²) >= 11 is 0. The Morgan fingerprint density at radius 3 is 1.02 bits per heavy atom. The standard InChI is InChI=1S/C34H28O22/c35-14-1-10(2-15(36)23(14)43)30(47)52-9-22-27(54-31(48)11-3-16(37)24(44)17(38)4-11)28(55-32(49)12-5-18(39)25(45)19(40)6-12)29(34(51)53-22)56-33(50)13-7-20(41)26(46)21(42)8-13/h1-8,22,27-29,34-46,51H,9H2/t22?,27-,28+,29+,34-/m1/s1. The highest BCUT2D eigenvalue weighted by molar-refractivity contribution is 5.93. The fourth-order valence-corrected chi connectivity index (χ4v) is 5.14. The molecule has 0 amide bonds. The molecule has 5 atom stereocenters. The van der Waals surface area contributed by atoms with Crippen LogP contribution in [0.1, 0.15) is 41.4 Å². The molecule has 5 rings (SSSR count). The zero-order valence-electron chi connectivity index (χ0n) is 27.7. The highest BCUT2D eigenvalue weighted by atomic mass is 16.7. The number of carbonyl (C=O) groups excluding carboxylic acids is 4. The predicted octanol–water partition coefficient (Wildman–Crippen LogP) is 0.705. The third kappa shape index (κ3) is 7.95. The molecule has 4 aromatic carbocycles. The lowest BCUT2D eigenvalue weighted by atomic mass is 9.97. The lowest BCUT2D eigenvalue weighted by molar-refractivity contribution is -0.284. The van der Waals surface area contributed by atoms with E-state index in [2.05, 4.69) is 0 Å². The number of benzene rings is 4. The topological polar surface area (TPSA) is 377 Å². The van der Waals surface area contributed by atoms with Gasteiger partial charge in [0.25, 0.3) is 0 Å². The molecule has 1 unspecified atom stereocenters. The van der Waals surface area contributed by atoms with Crippen LogP contribution in [0.25, 0.3) is 0 Å². The summed E-state index contributed by atoms with van der Waals surface area (Å²) in [5, 5.41) is 129. The molecule has 1 heterocycles. The largest absolute Gasteiger partial charge is 0.504 e. The third-order valence-electron chi connectivity index (χ3n) is 7.94. The van der Waals surface area contributed by atoms with Gasteiger partial charge < -0.3 is 90.1 Å². The zero-order valence-corrected chi connectivity index (χ0v) is 27.7. The first-order valence-electron chi connectivity index (χ1n) is 15.4. The van der Waals surface area contributed by atoms with Crippen molar-refractivity contribution >= 4 is 23.9 Å². The smallest absolute Gasteiger partial charge is 0.339 e. The van der Waals surface area contributed by atoms with Gasteiger partial charge in [0.15, 0.2) is 93.6 Å². The maximum atomic E-state index is 13.5. The zero-order chi connectivity index (χ0) is 41.3. The average Bonchev–Trinajstić information content (AvgIpc) is 3.14. The second-order valence-corrected chi connectivity index (χ2v) is 11.7. The first kappa shape index (κ1) is 39.5. The van der Waals surface area contributed by atoms with Gasteiger partial charge in [-0.05, 0) is 48.5 Å². The van der Waals surface area contributed by atoms with Gasteiger partial charge in [0.2, 0.25) is 0 Å². The second-order valence-electron chi connectivity index (χ2n) is 11.7. The van der Waals surface area contributed by atoms with Crippen LogP contribution in [0.4, 0.5) is 0 Å². The van der Waals surface area contributed by atoms with Crippen molar-refractivity contribution in [1.29, 1.82) is 0 Å². The summed E-state index contributed by atoms with van der Waals surface area (Å²) < 4.78 is 26.8. The number of aliphatic hydroxyl groups excluding tert-OH is 1. The molecular weight excluding hydrogens is 760 g/mol. The molecule has 0 aromatic heterocycles. The Morgan fingerprint density at radius 1 is 0.429 bits per heavy atom. The maximum Gasteiger partial charge on any atom is 0.339 e. The molecule has 1 aliphatic rings. The Labute approximate surface area is 310 Å². The van der Waals surface area contributed by atoms with E-state index < -0.39 is 152 Å². The van der Waals surface area contributed by atoms with Gasteiger partial charge in [-0.1, -0.05) is 0 Å². The molecule has 296 valence electrons. The molecule has 13 N–H and O–H groups in total. The van der Waals surface area contributed by atoms with Gasteiger partial charge >= 0.3 is 23.9 Å². The van der Waals surface area contributed by atoms with Crippen molar-refractivity contribution in [2.24, 2.45) is 0 Å². The lowest BCUT2D eigenvalue weighted by Gasteiger charge is -2.42. The molecule has 0 bridgehead atoms. The monoisotopic (exact) mass is 788 g/mol. The molecule has 1 saturated heterocycles. The first-order chi connectivity index (χ1) is 26.3. The number of hydrogen-bond acceptors (Lipinski definition) is 22. The number of rotatable bonds is 9. The summed E-state index contributed by atoms with van der Waals surface area (Å²) in [6, 6.07) is 4.99. The minimum absolute atomic E-state index is 0.570. The van der Waals surface area contributed by atoms with Gasteiger partial charge in [-0.3, -0.25) is 0 Å². The first-order valence-corrected chi connectivity index (χ1v) is 15.4. The number of esters is 4. The summed E-state index contributed by atoms with van der Waals surface area (Å²) in [4.78, 5) is 53.1. The van der Waals surface area contributed by atoms with E-state index in [0.29, 0.717) is 48.5 Å². The SMILES string of the molecule is O=C(OCC1O[C@@H](O)[C@@H](OC(=O)c2cc(O)c(O)c(O)c2)[C@@H](OC(=O)c2cc(O)c(O)c(O)c2)[C@@H]1OC(=O)c1cc(O)c(O)c(O)c1)c1cc(O)c(O)c(O)c1. The van der Waals surface area contributed by atoms with Crippen molar-refractivity contribution in [1.82, 2.24) is 0 Å². The van der Waals surface area contributed by atoms with E-state index in [9.17, 15) is 85.6 Å². The van der Waals surface area contributed by atoms with Crippen molar-refractivity contribution in [3.63, 3.8) is 0 Å². The molecule has 22 nitrogen and oxygen atoms in total. The van der Waals surface area contributed by atoms with Gasteiger partial charge in [0.05, 0.1) is 22.3 Å². The van der Waals surface area contributed by atoms with Crippen molar-refractivity contribution < 1.29 is 109 Å². The van der Waals surface area contributed by atoms with E-state index in [1.165, 1.54) is 0 Å². The third-order valence-corrected chi connectivity index (χ3v) is 7.94. The number of hydrogen-bond donors (Lipinski definition) is 13. The molecule has 1 fully saturated rings. The molecule has 0 spiro atoms. The molecule has 0 radical (unpaired) electrons. The number of phenols is 12. The summed E-state index contributed by atoms with van der Waals surface area (Å²) in [7, 11) is 0. The van der Waals surface area contributed by atoms with E-state index >= 15 is 0 Å². The number of ether oxygens (including phenoxy) is 5. The molecule has 56 heavy (non-hydrogen) atoms. The van der Waals surface area contributed by atoms with Gasteiger partial charge in [0.1, 0.15) is 12.7 Å². The van der Waals surface area contributed by atoms with Crippen molar-refractivity contribution in [3.05, 3.63) is 70.8 Å². The van der Waals surface area contributed by atoms with Gasteiger partial charge in [-0.15, -0.1) is 0 Å². The van der Waals surface area contributed by atoms with Crippen LogP contribution >= 0.6 is 0 Å². The number of aromatic hydroxyl groups is 12. The highest BCUT2D eigenvalue weighted by Gasteiger charge is 2.53. The molecule has 4 aromatic rings. The molecular formula is C34H28O22. The molecule has 0 aliphatic carbocycles. The summed E-state index contributed by atoms with van der Waals surface area (Å²) in [6.45, 7) is -1.09. The summed E-state index contributed by atoms with van der Waals surface area (Å²) in [6.07, 6.45) is -11.2. The summed E-state index contributed by atoms with van der Waals surface area (Å²) in [5.41, 5.74) is -2.68. The van der Waals surface area contributed by atoms with Crippen molar-refractivity contribution in [2.75, 3.05) is 6.61 Å². The average molecular weight is 789 g/mol. The van der Waals surface area contributed by atoms with Crippen molar-refractivity contribution in [3.8, 4) is 69.0 Å². The lowest BCUT2D eigenvalue weighted by Crippen LogP contribution is -2.62. The quantitative estimate of drug-likeness (QED) is 0.0630. The summed E-state index contributed by atoms with van der Waals surface area (Å²) in [5.74, 6) is -18.2. The van der Waals surface area contributed by atoms with Crippen LogP contribution in [0.5, 0.6) is 69.0 Å². The molecule has 1 aliphatic heterocycles. The fraction of sp³-hybridized carbons (Fsp3) is 0.176. The van der Waals surface area contributed by atoms with Gasteiger partial charge in [0, 0.05) is 0 Å². The molecule has 0 saturated carbocycles. The Kier molecular flexibility index (Phi) is 10.8. The van der Waals surface area contributed by atoms with E-state index in [0.717, 1.165) is 0 Å². The van der Waals surface area contributed by atoms with E-state index in [1.54, 1.807) is 0 Å². The number of carbonyl (C=O) groups is 4. The van der Waals surface area contributed by atoms with E-state index in [1.807, 2.05) is 0 Å². The number of aliphatic hydroxyl groups is 1. The van der Waals surface area contributed by atoms with Gasteiger partial charge in [-0.25, -0.2) is 19.2 Å². The normalized spacial score (nSPS) is 19.1. The van der Waals surface area contributed by atoms with Gasteiger partial charge in [-0.2, -0.15) is 0 Å². The van der Waals surface area contributed by atoms with Crippen LogP contribution in [-0.4, -0.2) is 128 Å². The van der Waals surface area contributed by atoms with Crippen LogP contribution in [0.3, 0.4) is 0 Å². The van der Waals surface area contributed by atoms with E-state index in [-0.39, 0.29) is 0 Å². The Balaban J connectivity index is 1.57. The van der Waals surface area contributed by atoms with Crippen LogP contribution in [-0.2, 0) is 23.7 Å². The number of phenolic OH excluding ortho intramolecular Hbond substituents is 12. The molecule has 22 heteroatoms. The van der Waals surface area contributed by atoms with Crippen LogP contribution in [0.2, 0.25) is 0 Å². The Bertz CT molecular complexity index is 2140. The van der Waals surface area contributed by atoms with Crippen LogP contribution in [0, 0.1) is 0 Å². The Hall–Kier alpha value is -7.72. The maximum absolute atomic E-state index is 13.5. The van der Waals surface area contributed by atoms with Crippen LogP contribution < -0.4 is 0 Å². The van der Waals surface area contributed by atoms with Crippen LogP contribution in [0.15, 0.2) is 48.5 Å². The van der Waals surface area contributed by atoms with Crippen molar-refractivity contribution in [2.45, 2.75) is 30.7 Å². The Morgan fingerprint density at radius 2 is 0.696 bits per heavy atom. The minimum atomic E-state index is -2.43. The second kappa shape index (κ2) is 15.3. The fourth-order valence-electron chi connectivity index (χ4n) is 5.14.